The topological polar surface area (TPSA) is 35.6 Å². The van der Waals surface area contributed by atoms with Crippen LogP contribution >= 0.6 is 0 Å². The van der Waals surface area contributed by atoms with Gasteiger partial charge in [0.2, 0.25) is 0 Å². The minimum Gasteiger partial charge on any atom is -0.369 e. The molecule has 0 aromatic heterocycles. The monoisotopic (exact) mass is 345 g/mol. The van der Waals surface area contributed by atoms with Crippen molar-refractivity contribution in [2.75, 3.05) is 42.9 Å². The van der Waals surface area contributed by atoms with Crippen molar-refractivity contribution in [2.45, 2.75) is 6.92 Å². The van der Waals surface area contributed by atoms with Crippen LogP contribution in [0.2, 0.25) is 0 Å². The number of carbonyl (C=O) groups is 1. The smallest absolute Gasteiger partial charge is 0.261 e. The summed E-state index contributed by atoms with van der Waals surface area (Å²) < 4.78 is 27.3. The summed E-state index contributed by atoms with van der Waals surface area (Å²) in [6.07, 6.45) is 0. The molecule has 132 valence electrons. The standard InChI is InChI=1S/C19H21F2N3O/c1-2-23-10-12-24(13-11-23)15-8-6-14(7-9-15)22-19(25)18-16(20)4-3-5-17(18)21/h3-9H,2,10-13H2,1H3,(H,22,25). The molecule has 1 N–H and O–H groups in total. The second kappa shape index (κ2) is 7.61. The number of benzene rings is 2. The molecule has 4 nitrogen and oxygen atoms in total. The van der Waals surface area contributed by atoms with Crippen LogP contribution in [0.15, 0.2) is 42.5 Å². The van der Waals surface area contributed by atoms with Crippen LogP contribution in [0, 0.1) is 11.6 Å². The minimum atomic E-state index is -0.872. The zero-order valence-electron chi connectivity index (χ0n) is 14.1. The molecule has 2 aromatic carbocycles. The van der Waals surface area contributed by atoms with Gasteiger partial charge in [-0.1, -0.05) is 13.0 Å². The van der Waals surface area contributed by atoms with Gasteiger partial charge in [0.25, 0.3) is 5.91 Å². The van der Waals surface area contributed by atoms with E-state index in [-0.39, 0.29) is 0 Å². The number of hydrogen-bond donors (Lipinski definition) is 1. The highest BCUT2D eigenvalue weighted by Crippen LogP contribution is 2.21. The van der Waals surface area contributed by atoms with Gasteiger partial charge in [-0.15, -0.1) is 0 Å². The molecular weight excluding hydrogens is 324 g/mol. The maximum absolute atomic E-state index is 13.7. The number of nitrogens with one attached hydrogen (secondary N) is 1. The summed E-state index contributed by atoms with van der Waals surface area (Å²) in [6.45, 7) is 7.19. The molecule has 25 heavy (non-hydrogen) atoms. The van der Waals surface area contributed by atoms with Crippen LogP contribution in [0.1, 0.15) is 17.3 Å². The van der Waals surface area contributed by atoms with Crippen LogP contribution in [0.25, 0.3) is 0 Å². The fourth-order valence-electron chi connectivity index (χ4n) is 2.99. The van der Waals surface area contributed by atoms with Gasteiger partial charge in [0.05, 0.1) is 0 Å². The lowest BCUT2D eigenvalue weighted by Gasteiger charge is -2.35. The van der Waals surface area contributed by atoms with Crippen LogP contribution < -0.4 is 10.2 Å². The Morgan fingerprint density at radius 3 is 2.16 bits per heavy atom. The molecule has 1 amide bonds. The third kappa shape index (κ3) is 3.96. The number of halogens is 2. The van der Waals surface area contributed by atoms with E-state index in [0.29, 0.717) is 5.69 Å². The van der Waals surface area contributed by atoms with Gasteiger partial charge in [-0.3, -0.25) is 4.79 Å². The number of hydrogen-bond acceptors (Lipinski definition) is 3. The molecule has 1 aliphatic rings. The van der Waals surface area contributed by atoms with Gasteiger partial charge < -0.3 is 15.1 Å². The Labute approximate surface area is 146 Å². The quantitative estimate of drug-likeness (QED) is 0.923. The van der Waals surface area contributed by atoms with E-state index in [1.54, 1.807) is 12.1 Å². The predicted octanol–water partition coefficient (Wildman–Crippen LogP) is 3.36. The Morgan fingerprint density at radius 2 is 1.60 bits per heavy atom. The molecule has 2 aromatic rings. The molecule has 6 heteroatoms. The third-order valence-corrected chi connectivity index (χ3v) is 4.50. The summed E-state index contributed by atoms with van der Waals surface area (Å²) in [5, 5.41) is 2.54. The summed E-state index contributed by atoms with van der Waals surface area (Å²) in [5.41, 5.74) is 1.01. The van der Waals surface area contributed by atoms with Gasteiger partial charge in [0, 0.05) is 37.6 Å². The zero-order chi connectivity index (χ0) is 17.8. The van der Waals surface area contributed by atoms with E-state index in [1.165, 1.54) is 6.07 Å². The first-order chi connectivity index (χ1) is 12.1. The van der Waals surface area contributed by atoms with Crippen molar-refractivity contribution in [3.63, 3.8) is 0 Å². The Bertz CT molecular complexity index is 721. The van der Waals surface area contributed by atoms with Crippen LogP contribution in [-0.4, -0.2) is 43.5 Å². The molecule has 3 rings (SSSR count). The maximum Gasteiger partial charge on any atom is 0.261 e. The number of nitrogens with zero attached hydrogens (tertiary/aromatic N) is 2. The van der Waals surface area contributed by atoms with Crippen molar-refractivity contribution < 1.29 is 13.6 Å². The number of anilines is 2. The molecule has 0 unspecified atom stereocenters. The molecule has 0 aliphatic carbocycles. The first-order valence-electron chi connectivity index (χ1n) is 8.41. The van der Waals surface area contributed by atoms with Crippen LogP contribution in [0.3, 0.4) is 0 Å². The Kier molecular flexibility index (Phi) is 5.28. The molecule has 1 heterocycles. The van der Waals surface area contributed by atoms with E-state index >= 15 is 0 Å². The highest BCUT2D eigenvalue weighted by molar-refractivity contribution is 6.04. The Morgan fingerprint density at radius 1 is 1.00 bits per heavy atom. The number of piperazine rings is 1. The van der Waals surface area contributed by atoms with Crippen molar-refractivity contribution in [1.29, 1.82) is 0 Å². The Balaban J connectivity index is 1.66. The van der Waals surface area contributed by atoms with E-state index in [1.807, 2.05) is 12.1 Å². The van der Waals surface area contributed by atoms with Gasteiger partial charge in [-0.2, -0.15) is 0 Å². The van der Waals surface area contributed by atoms with Gasteiger partial charge in [0.15, 0.2) is 0 Å². The number of rotatable bonds is 4. The lowest BCUT2D eigenvalue weighted by Crippen LogP contribution is -2.46. The summed E-state index contributed by atoms with van der Waals surface area (Å²) in [5.74, 6) is -2.54. The molecule has 1 fully saturated rings. The number of likely N-dealkylation sites (N-methyl/N-ethyl adjacent to an activating group) is 1. The van der Waals surface area contributed by atoms with E-state index in [0.717, 1.165) is 50.5 Å². The summed E-state index contributed by atoms with van der Waals surface area (Å²) >= 11 is 0. The maximum atomic E-state index is 13.7. The molecule has 0 bridgehead atoms. The van der Waals surface area contributed by atoms with Crippen LogP contribution in [0.4, 0.5) is 20.2 Å². The van der Waals surface area contributed by atoms with Gasteiger partial charge in [-0.05, 0) is 42.9 Å². The van der Waals surface area contributed by atoms with Crippen molar-refractivity contribution in [3.05, 3.63) is 59.7 Å². The molecule has 0 atom stereocenters. The molecular formula is C19H21F2N3O. The normalized spacial score (nSPS) is 15.2. The molecule has 1 aliphatic heterocycles. The lowest BCUT2D eigenvalue weighted by molar-refractivity contribution is 0.101. The van der Waals surface area contributed by atoms with Crippen LogP contribution in [-0.2, 0) is 0 Å². The van der Waals surface area contributed by atoms with E-state index in [9.17, 15) is 13.6 Å². The highest BCUT2D eigenvalue weighted by Gasteiger charge is 2.18. The Hall–Kier alpha value is -2.47. The van der Waals surface area contributed by atoms with Crippen molar-refractivity contribution in [2.24, 2.45) is 0 Å². The summed E-state index contributed by atoms with van der Waals surface area (Å²) in [4.78, 5) is 16.8. The van der Waals surface area contributed by atoms with Crippen molar-refractivity contribution in [1.82, 2.24) is 4.90 Å². The summed E-state index contributed by atoms with van der Waals surface area (Å²) in [6, 6.07) is 10.7. The van der Waals surface area contributed by atoms with Crippen molar-refractivity contribution >= 4 is 17.3 Å². The highest BCUT2D eigenvalue weighted by atomic mass is 19.1. The van der Waals surface area contributed by atoms with Gasteiger partial charge in [-0.25, -0.2) is 8.78 Å². The second-order valence-corrected chi connectivity index (χ2v) is 6.02. The first-order valence-corrected chi connectivity index (χ1v) is 8.41. The average molecular weight is 345 g/mol. The summed E-state index contributed by atoms with van der Waals surface area (Å²) in [7, 11) is 0. The largest absolute Gasteiger partial charge is 0.369 e. The van der Waals surface area contributed by atoms with E-state index in [2.05, 4.69) is 22.0 Å². The fraction of sp³-hybridized carbons (Fsp3) is 0.316. The fourth-order valence-corrected chi connectivity index (χ4v) is 2.99. The molecule has 1 saturated heterocycles. The molecule has 0 saturated carbocycles. The molecule has 0 spiro atoms. The lowest BCUT2D eigenvalue weighted by atomic mass is 10.1. The number of amides is 1. The zero-order valence-corrected chi connectivity index (χ0v) is 14.1. The van der Waals surface area contributed by atoms with Gasteiger partial charge in [0.1, 0.15) is 17.2 Å². The molecule has 0 radical (unpaired) electrons. The second-order valence-electron chi connectivity index (χ2n) is 6.02. The first kappa shape index (κ1) is 17.4. The number of carbonyl (C=O) groups excluding carboxylic acids is 1. The predicted molar refractivity (Wildman–Crippen MR) is 95.1 cm³/mol. The van der Waals surface area contributed by atoms with E-state index in [4.69, 9.17) is 0 Å². The minimum absolute atomic E-state index is 0.503. The average Bonchev–Trinajstić information content (AvgIpc) is 2.62. The van der Waals surface area contributed by atoms with E-state index < -0.39 is 23.1 Å². The van der Waals surface area contributed by atoms with Crippen LogP contribution in [0.5, 0.6) is 0 Å². The van der Waals surface area contributed by atoms with Crippen molar-refractivity contribution in [3.8, 4) is 0 Å². The SMILES string of the molecule is CCN1CCN(c2ccc(NC(=O)c3c(F)cccc3F)cc2)CC1. The van der Waals surface area contributed by atoms with Gasteiger partial charge >= 0.3 is 0 Å². The third-order valence-electron chi connectivity index (χ3n) is 4.50.